The zero-order valence-electron chi connectivity index (χ0n) is 10.0. The van der Waals surface area contributed by atoms with Gasteiger partial charge in [-0.05, 0) is 30.2 Å². The Bertz CT molecular complexity index is 459. The van der Waals surface area contributed by atoms with Gasteiger partial charge < -0.3 is 9.73 Å². The molecule has 0 fully saturated rings. The largest absolute Gasteiger partial charge is 0.468 e. The van der Waals surface area contributed by atoms with E-state index in [1.807, 2.05) is 30.3 Å². The van der Waals surface area contributed by atoms with E-state index in [0.717, 1.165) is 17.9 Å². The summed E-state index contributed by atoms with van der Waals surface area (Å²) >= 11 is 0. The minimum Gasteiger partial charge on any atom is -0.468 e. The smallest absolute Gasteiger partial charge is 0.120 e. The second kappa shape index (κ2) is 5.51. The molecule has 1 aromatic carbocycles. The third-order valence-corrected chi connectivity index (χ3v) is 2.77. The molecule has 88 valence electrons. The average molecular weight is 227 g/mol. The number of hydrogen-bond acceptors (Lipinski definition) is 2. The summed E-state index contributed by atoms with van der Waals surface area (Å²) in [5.41, 5.74) is 2.26. The Labute approximate surface area is 102 Å². The first-order valence-electron chi connectivity index (χ1n) is 5.77. The number of rotatable bonds is 5. The van der Waals surface area contributed by atoms with E-state index in [1.165, 1.54) is 5.56 Å². The molecule has 0 radical (unpaired) electrons. The van der Waals surface area contributed by atoms with Crippen molar-refractivity contribution >= 4 is 5.57 Å². The minimum atomic E-state index is 0.200. The fourth-order valence-corrected chi connectivity index (χ4v) is 1.69. The number of benzene rings is 1. The van der Waals surface area contributed by atoms with Gasteiger partial charge in [0.2, 0.25) is 0 Å². The number of nitrogens with one attached hydrogen (secondary N) is 1. The highest BCUT2D eigenvalue weighted by atomic mass is 16.3. The Hall–Kier alpha value is -1.80. The summed E-state index contributed by atoms with van der Waals surface area (Å²) in [5.74, 6) is 0.950. The quantitative estimate of drug-likeness (QED) is 0.843. The van der Waals surface area contributed by atoms with Crippen molar-refractivity contribution in [2.24, 2.45) is 0 Å². The highest BCUT2D eigenvalue weighted by Crippen LogP contribution is 2.15. The molecular weight excluding hydrogens is 210 g/mol. The van der Waals surface area contributed by atoms with E-state index in [4.69, 9.17) is 4.42 Å². The van der Waals surface area contributed by atoms with Crippen molar-refractivity contribution in [1.82, 2.24) is 5.32 Å². The van der Waals surface area contributed by atoms with Gasteiger partial charge in [-0.2, -0.15) is 0 Å². The average Bonchev–Trinajstić information content (AvgIpc) is 2.90. The Balaban J connectivity index is 1.89. The predicted molar refractivity (Wildman–Crippen MR) is 70.6 cm³/mol. The first kappa shape index (κ1) is 11.7. The van der Waals surface area contributed by atoms with Gasteiger partial charge in [0.1, 0.15) is 5.76 Å². The lowest BCUT2D eigenvalue weighted by molar-refractivity contribution is 0.443. The normalized spacial score (nSPS) is 12.3. The molecule has 0 aliphatic heterocycles. The molecule has 2 aromatic rings. The maximum absolute atomic E-state index is 5.34. The van der Waals surface area contributed by atoms with Gasteiger partial charge >= 0.3 is 0 Å². The minimum absolute atomic E-state index is 0.200. The highest BCUT2D eigenvalue weighted by molar-refractivity contribution is 5.64. The third-order valence-electron chi connectivity index (χ3n) is 2.77. The van der Waals surface area contributed by atoms with Crippen LogP contribution in [-0.4, -0.2) is 6.54 Å². The van der Waals surface area contributed by atoms with Gasteiger partial charge in [-0.25, -0.2) is 0 Å². The molecule has 1 atom stereocenters. The van der Waals surface area contributed by atoms with Gasteiger partial charge in [0, 0.05) is 6.54 Å². The van der Waals surface area contributed by atoms with E-state index in [0.29, 0.717) is 0 Å². The molecule has 0 saturated heterocycles. The summed E-state index contributed by atoms with van der Waals surface area (Å²) in [7, 11) is 0. The molecule has 1 N–H and O–H groups in total. The van der Waals surface area contributed by atoms with Crippen LogP contribution in [0.4, 0.5) is 0 Å². The Kier molecular flexibility index (Phi) is 3.78. The molecule has 2 rings (SSSR count). The molecule has 0 bridgehead atoms. The van der Waals surface area contributed by atoms with Crippen LogP contribution in [0.1, 0.15) is 24.3 Å². The van der Waals surface area contributed by atoms with Gasteiger partial charge in [-0.3, -0.25) is 0 Å². The molecule has 0 saturated carbocycles. The summed E-state index contributed by atoms with van der Waals surface area (Å²) < 4.78 is 5.34. The number of furan rings is 1. The van der Waals surface area contributed by atoms with Crippen molar-refractivity contribution in [3.63, 3.8) is 0 Å². The maximum Gasteiger partial charge on any atom is 0.120 e. The standard InChI is InChI=1S/C15H17NO/c1-12(14-7-4-3-5-8-14)11-16-13(2)15-9-6-10-17-15/h3-10,13,16H,1,11H2,2H3. The molecule has 2 nitrogen and oxygen atoms in total. The molecule has 1 unspecified atom stereocenters. The van der Waals surface area contributed by atoms with Crippen LogP contribution in [0.15, 0.2) is 59.7 Å². The zero-order valence-corrected chi connectivity index (χ0v) is 10.0. The van der Waals surface area contributed by atoms with E-state index >= 15 is 0 Å². The molecule has 1 aromatic heterocycles. The summed E-state index contributed by atoms with van der Waals surface area (Å²) in [5, 5.41) is 3.39. The van der Waals surface area contributed by atoms with Gasteiger partial charge in [0.05, 0.1) is 12.3 Å². The van der Waals surface area contributed by atoms with E-state index in [-0.39, 0.29) is 6.04 Å². The molecule has 0 spiro atoms. The van der Waals surface area contributed by atoms with Gasteiger partial charge in [0.15, 0.2) is 0 Å². The van der Waals surface area contributed by atoms with Crippen molar-refractivity contribution in [3.8, 4) is 0 Å². The Morgan fingerprint density at radius 1 is 1.24 bits per heavy atom. The van der Waals surface area contributed by atoms with Gasteiger partial charge in [-0.15, -0.1) is 0 Å². The van der Waals surface area contributed by atoms with E-state index in [1.54, 1.807) is 6.26 Å². The van der Waals surface area contributed by atoms with Crippen molar-refractivity contribution in [3.05, 3.63) is 66.6 Å². The predicted octanol–water partition coefficient (Wildman–Crippen LogP) is 3.64. The molecular formula is C15H17NO. The van der Waals surface area contributed by atoms with Crippen LogP contribution < -0.4 is 5.32 Å². The van der Waals surface area contributed by atoms with Crippen molar-refractivity contribution < 1.29 is 4.42 Å². The van der Waals surface area contributed by atoms with Crippen molar-refractivity contribution in [2.45, 2.75) is 13.0 Å². The summed E-state index contributed by atoms with van der Waals surface area (Å²) in [6.45, 7) is 6.92. The fraction of sp³-hybridized carbons (Fsp3) is 0.200. The molecule has 0 aliphatic rings. The monoisotopic (exact) mass is 227 g/mol. The summed E-state index contributed by atoms with van der Waals surface area (Å²) in [6, 6.07) is 14.3. The molecule has 0 aliphatic carbocycles. The van der Waals surface area contributed by atoms with Crippen molar-refractivity contribution in [2.75, 3.05) is 6.54 Å². The van der Waals surface area contributed by atoms with Gasteiger partial charge in [0.25, 0.3) is 0 Å². The molecule has 17 heavy (non-hydrogen) atoms. The molecule has 2 heteroatoms. The molecule has 1 heterocycles. The van der Waals surface area contributed by atoms with Crippen LogP contribution >= 0.6 is 0 Å². The number of hydrogen-bond donors (Lipinski definition) is 1. The van der Waals surface area contributed by atoms with E-state index < -0.39 is 0 Å². The lowest BCUT2D eigenvalue weighted by Crippen LogP contribution is -2.20. The first-order valence-corrected chi connectivity index (χ1v) is 5.77. The summed E-state index contributed by atoms with van der Waals surface area (Å²) in [6.07, 6.45) is 1.69. The van der Waals surface area contributed by atoms with Crippen LogP contribution in [0.2, 0.25) is 0 Å². The second-order valence-corrected chi connectivity index (χ2v) is 4.09. The lowest BCUT2D eigenvalue weighted by Gasteiger charge is -2.13. The fourth-order valence-electron chi connectivity index (χ4n) is 1.69. The SMILES string of the molecule is C=C(CNC(C)c1ccco1)c1ccccc1. The van der Waals surface area contributed by atoms with E-state index in [2.05, 4.69) is 31.0 Å². The second-order valence-electron chi connectivity index (χ2n) is 4.09. The Morgan fingerprint density at radius 2 is 2.00 bits per heavy atom. The van der Waals surface area contributed by atoms with Crippen LogP contribution in [0.3, 0.4) is 0 Å². The molecule has 0 amide bonds. The van der Waals surface area contributed by atoms with Crippen molar-refractivity contribution in [1.29, 1.82) is 0 Å². The van der Waals surface area contributed by atoms with Crippen LogP contribution in [-0.2, 0) is 0 Å². The highest BCUT2D eigenvalue weighted by Gasteiger charge is 2.07. The lowest BCUT2D eigenvalue weighted by atomic mass is 10.1. The third kappa shape index (κ3) is 3.08. The zero-order chi connectivity index (χ0) is 12.1. The Morgan fingerprint density at radius 3 is 2.65 bits per heavy atom. The maximum atomic E-state index is 5.34. The van der Waals surface area contributed by atoms with Crippen LogP contribution in [0.5, 0.6) is 0 Å². The van der Waals surface area contributed by atoms with Crippen LogP contribution in [0.25, 0.3) is 5.57 Å². The summed E-state index contributed by atoms with van der Waals surface area (Å²) in [4.78, 5) is 0. The topological polar surface area (TPSA) is 25.2 Å². The van der Waals surface area contributed by atoms with Gasteiger partial charge in [-0.1, -0.05) is 36.9 Å². The first-order chi connectivity index (χ1) is 8.27. The van der Waals surface area contributed by atoms with E-state index in [9.17, 15) is 0 Å². The van der Waals surface area contributed by atoms with Crippen LogP contribution in [0, 0.1) is 0 Å².